The molecule has 2 aliphatic heterocycles. The summed E-state index contributed by atoms with van der Waals surface area (Å²) in [5.41, 5.74) is 2.94. The zero-order valence-electron chi connectivity index (χ0n) is 32.1. The number of carbonyl (C=O) groups excluding carboxylic acids is 2. The van der Waals surface area contributed by atoms with Crippen molar-refractivity contribution < 1.29 is 14.3 Å². The molecule has 54 heavy (non-hydrogen) atoms. The molecule has 2 aromatic carbocycles. The first kappa shape index (κ1) is 39.2. The van der Waals surface area contributed by atoms with Crippen molar-refractivity contribution >= 4 is 55.6 Å². The number of amides is 3. The van der Waals surface area contributed by atoms with E-state index in [9.17, 15) is 14.9 Å². The fraction of sp³-hybridized carbons (Fsp3) is 0.500. The summed E-state index contributed by atoms with van der Waals surface area (Å²) in [6.07, 6.45) is 20.0. The first-order chi connectivity index (χ1) is 26.4. The molecule has 1 atom stereocenters. The number of piperidine rings is 1. The molecule has 0 aliphatic carbocycles. The van der Waals surface area contributed by atoms with E-state index >= 15 is 0 Å². The minimum Gasteiger partial charge on any atom is -0.457 e. The van der Waals surface area contributed by atoms with Crippen LogP contribution in [0.3, 0.4) is 0 Å². The molecule has 1 saturated heterocycles. The topological polar surface area (TPSA) is 111 Å². The van der Waals surface area contributed by atoms with Crippen molar-refractivity contribution in [3.63, 3.8) is 0 Å². The molecule has 6 rings (SSSR count). The van der Waals surface area contributed by atoms with Crippen molar-refractivity contribution in [1.82, 2.24) is 9.88 Å². The lowest BCUT2D eigenvalue weighted by atomic mass is 9.94. The summed E-state index contributed by atoms with van der Waals surface area (Å²) in [5, 5.41) is 17.5. The Bertz CT molecular complexity index is 1880. The van der Waals surface area contributed by atoms with Crippen LogP contribution in [0.5, 0.6) is 11.5 Å². The molecule has 2 aliphatic rings. The predicted molar refractivity (Wildman–Crippen MR) is 221 cm³/mol. The SMILES string of the molecule is CCCCCCCCCCCCCCC(C#N)CN1CCC(C(=O)Nc2sc3nccc4c3c2NC(=O)N4c2ccc(Oc3ccccc3)cc2C)CC1. The Balaban J connectivity index is 0.972. The number of unbranched alkanes of at least 4 members (excludes halogenated alkanes) is 11. The molecule has 2 N–H and O–H groups in total. The highest BCUT2D eigenvalue weighted by Gasteiger charge is 2.33. The van der Waals surface area contributed by atoms with Gasteiger partial charge >= 0.3 is 6.03 Å². The fourth-order valence-electron chi connectivity index (χ4n) is 7.81. The van der Waals surface area contributed by atoms with Crippen LogP contribution in [-0.2, 0) is 4.79 Å². The number of nitriles is 1. The van der Waals surface area contributed by atoms with Crippen LogP contribution in [0.4, 0.5) is 26.9 Å². The number of para-hydroxylation sites is 1. The van der Waals surface area contributed by atoms with Crippen LogP contribution in [0.2, 0.25) is 0 Å². The molecule has 0 radical (unpaired) electrons. The molecule has 2 aromatic heterocycles. The van der Waals surface area contributed by atoms with Gasteiger partial charge in [0.15, 0.2) is 0 Å². The average Bonchev–Trinajstić information content (AvgIpc) is 3.53. The normalized spacial score (nSPS) is 15.2. The van der Waals surface area contributed by atoms with E-state index in [1.54, 1.807) is 11.1 Å². The van der Waals surface area contributed by atoms with E-state index in [4.69, 9.17) is 4.74 Å². The van der Waals surface area contributed by atoms with E-state index < -0.39 is 0 Å². The van der Waals surface area contributed by atoms with E-state index in [0.29, 0.717) is 16.4 Å². The van der Waals surface area contributed by atoms with Gasteiger partial charge < -0.3 is 20.3 Å². The van der Waals surface area contributed by atoms with Crippen LogP contribution in [0, 0.1) is 30.1 Å². The second-order valence-corrected chi connectivity index (χ2v) is 16.0. The van der Waals surface area contributed by atoms with Crippen LogP contribution in [0.25, 0.3) is 10.2 Å². The van der Waals surface area contributed by atoms with Crippen molar-refractivity contribution in [3.05, 3.63) is 66.4 Å². The van der Waals surface area contributed by atoms with E-state index in [2.05, 4.69) is 33.5 Å². The lowest BCUT2D eigenvalue weighted by molar-refractivity contribution is -0.121. The molecule has 9 nitrogen and oxygen atoms in total. The smallest absolute Gasteiger partial charge is 0.331 e. The molecule has 1 fully saturated rings. The Morgan fingerprint density at radius 2 is 1.63 bits per heavy atom. The number of nitrogens with one attached hydrogen (secondary N) is 2. The third-order valence-corrected chi connectivity index (χ3v) is 11.9. The van der Waals surface area contributed by atoms with E-state index in [1.807, 2.05) is 61.5 Å². The number of rotatable bonds is 20. The molecule has 1 unspecified atom stereocenters. The third kappa shape index (κ3) is 10.2. The molecule has 0 spiro atoms. The van der Waals surface area contributed by atoms with E-state index in [-0.39, 0.29) is 23.8 Å². The highest BCUT2D eigenvalue weighted by molar-refractivity contribution is 7.23. The monoisotopic (exact) mass is 748 g/mol. The number of ether oxygens (including phenoxy) is 1. The number of carbonyl (C=O) groups is 2. The number of anilines is 4. The van der Waals surface area contributed by atoms with E-state index in [0.717, 1.165) is 78.2 Å². The maximum absolute atomic E-state index is 13.7. The summed E-state index contributed by atoms with van der Waals surface area (Å²) in [6, 6.07) is 19.4. The van der Waals surface area contributed by atoms with Crippen LogP contribution < -0.4 is 20.3 Å². The molecule has 3 amide bonds. The Labute approximate surface area is 325 Å². The van der Waals surface area contributed by atoms with Gasteiger partial charge in [0.05, 0.1) is 34.4 Å². The average molecular weight is 749 g/mol. The largest absolute Gasteiger partial charge is 0.457 e. The van der Waals surface area contributed by atoms with E-state index in [1.165, 1.54) is 82.0 Å². The number of nitrogens with zero attached hydrogens (tertiary/aromatic N) is 4. The van der Waals surface area contributed by atoms with Gasteiger partial charge in [-0.2, -0.15) is 5.26 Å². The van der Waals surface area contributed by atoms with Crippen LogP contribution in [0.1, 0.15) is 109 Å². The van der Waals surface area contributed by atoms with Gasteiger partial charge in [0.2, 0.25) is 5.91 Å². The molecular weight excluding hydrogens is 693 g/mol. The molecule has 0 bridgehead atoms. The lowest BCUT2D eigenvalue weighted by Crippen LogP contribution is -2.40. The number of benzene rings is 2. The Morgan fingerprint density at radius 3 is 2.30 bits per heavy atom. The summed E-state index contributed by atoms with van der Waals surface area (Å²) < 4.78 is 6.02. The van der Waals surface area contributed by atoms with Crippen molar-refractivity contribution in [2.45, 2.75) is 110 Å². The predicted octanol–water partition coefficient (Wildman–Crippen LogP) is 12.0. The van der Waals surface area contributed by atoms with Gasteiger partial charge in [-0.25, -0.2) is 9.78 Å². The second-order valence-electron chi connectivity index (χ2n) is 15.0. The van der Waals surface area contributed by atoms with Gasteiger partial charge in [-0.05, 0) is 81.2 Å². The number of aromatic nitrogens is 1. The Hall–Kier alpha value is -4.46. The zero-order valence-corrected chi connectivity index (χ0v) is 32.9. The number of aryl methyl sites for hydroxylation is 1. The zero-order chi connectivity index (χ0) is 37.7. The molecule has 286 valence electrons. The second kappa shape index (κ2) is 19.7. The summed E-state index contributed by atoms with van der Waals surface area (Å²) in [7, 11) is 0. The van der Waals surface area contributed by atoms with Crippen molar-refractivity contribution in [2.24, 2.45) is 11.8 Å². The summed E-state index contributed by atoms with van der Waals surface area (Å²) in [5.74, 6) is 1.31. The Morgan fingerprint density at radius 1 is 0.944 bits per heavy atom. The van der Waals surface area contributed by atoms with Gasteiger partial charge in [-0.1, -0.05) is 114 Å². The number of likely N-dealkylation sites (tertiary alicyclic amines) is 1. The first-order valence-electron chi connectivity index (χ1n) is 20.2. The standard InChI is InChI=1S/C44H56N6O3S/c1-3-4-5-6-7-8-9-10-11-12-13-15-18-33(30-45)31-49-27-24-34(25-28-49)41(51)48-43-40-39-38(23-26-46-42(39)54-43)50(44(52)47-40)37-22-21-36(29-32(37)2)53-35-19-16-14-17-20-35/h14,16-17,19-23,26,29,33-34H,3-13,15,18,24-25,27-28,31H2,1-2H3,(H,47,52)(H,48,51). The summed E-state index contributed by atoms with van der Waals surface area (Å²) in [6.45, 7) is 6.62. The third-order valence-electron chi connectivity index (χ3n) is 10.9. The lowest BCUT2D eigenvalue weighted by Gasteiger charge is -2.32. The van der Waals surface area contributed by atoms with Gasteiger partial charge in [-0.3, -0.25) is 9.69 Å². The molecule has 0 saturated carbocycles. The highest BCUT2D eigenvalue weighted by Crippen LogP contribution is 2.49. The van der Waals surface area contributed by atoms with Gasteiger partial charge in [-0.15, -0.1) is 0 Å². The number of thiophene rings is 1. The van der Waals surface area contributed by atoms with Gasteiger partial charge in [0.25, 0.3) is 0 Å². The maximum atomic E-state index is 13.7. The Kier molecular flexibility index (Phi) is 14.3. The fourth-order valence-corrected chi connectivity index (χ4v) is 8.83. The van der Waals surface area contributed by atoms with Gasteiger partial charge in [0.1, 0.15) is 21.3 Å². The number of pyridine rings is 1. The summed E-state index contributed by atoms with van der Waals surface area (Å²) in [4.78, 5) is 36.7. The number of hydrogen-bond acceptors (Lipinski definition) is 7. The molecule has 4 aromatic rings. The minimum absolute atomic E-state index is 0.0335. The number of hydrogen-bond donors (Lipinski definition) is 2. The molecule has 10 heteroatoms. The van der Waals surface area contributed by atoms with Crippen molar-refractivity contribution in [3.8, 4) is 17.6 Å². The van der Waals surface area contributed by atoms with Crippen molar-refractivity contribution in [1.29, 1.82) is 5.26 Å². The minimum atomic E-state index is -0.299. The van der Waals surface area contributed by atoms with Crippen LogP contribution in [-0.4, -0.2) is 41.5 Å². The first-order valence-corrected chi connectivity index (χ1v) is 21.1. The van der Waals surface area contributed by atoms with Crippen LogP contribution >= 0.6 is 11.3 Å². The summed E-state index contributed by atoms with van der Waals surface area (Å²) >= 11 is 1.38. The molecular formula is C44H56N6O3S. The highest BCUT2D eigenvalue weighted by atomic mass is 32.1. The quantitative estimate of drug-likeness (QED) is 0.0871. The number of urea groups is 1. The van der Waals surface area contributed by atoms with Gasteiger partial charge in [0, 0.05) is 18.7 Å². The van der Waals surface area contributed by atoms with Crippen molar-refractivity contribution in [2.75, 3.05) is 35.2 Å². The van der Waals surface area contributed by atoms with Crippen LogP contribution in [0.15, 0.2) is 60.8 Å². The molecule has 4 heterocycles. The maximum Gasteiger partial charge on any atom is 0.331 e.